The van der Waals surface area contributed by atoms with E-state index in [4.69, 9.17) is 73.3 Å². The maximum absolute atomic E-state index is 9.89. The lowest BCUT2D eigenvalue weighted by Gasteiger charge is -2.13. The lowest BCUT2D eigenvalue weighted by molar-refractivity contribution is -0.0251. The third-order valence-corrected chi connectivity index (χ3v) is 3.13. The highest BCUT2D eigenvalue weighted by atomic mass is 31.2. The van der Waals surface area contributed by atoms with Crippen LogP contribution in [-0.2, 0) is 18.4 Å². The lowest BCUT2D eigenvalue weighted by Crippen LogP contribution is -2.32. The van der Waals surface area contributed by atoms with E-state index in [1.54, 1.807) is 0 Å². The fraction of sp³-hybridized carbons (Fsp3) is 0.500. The number of anilines is 1. The Bertz CT molecular complexity index is 977. The van der Waals surface area contributed by atoms with Gasteiger partial charge in [-0.2, -0.15) is 0 Å². The van der Waals surface area contributed by atoms with Crippen molar-refractivity contribution in [3.05, 3.63) is 12.2 Å². The summed E-state index contributed by atoms with van der Waals surface area (Å²) in [5.41, 5.74) is 6.59. The average Bonchev–Trinajstić information content (AvgIpc) is 3.16. The number of aliphatic hydroxyl groups excluding tert-OH is 3. The average molecular weight is 561 g/mol. The van der Waals surface area contributed by atoms with Gasteiger partial charge in [0, 0.05) is 0 Å². The Labute approximate surface area is 187 Å². The minimum Gasteiger partial charge on any atom is -0.394 e. The monoisotopic (exact) mass is 561 g/mol. The number of rotatable bonds is 2. The number of imidazole rings is 1. The number of aromatic amines is 1. The molecule has 1 fully saturated rings. The molecule has 24 heteroatoms. The van der Waals surface area contributed by atoms with E-state index in [-0.39, 0.29) is 11.6 Å². The number of nitrogen functional groups attached to an aromatic ring is 1. The molecule has 3 rings (SSSR count). The first-order valence-corrected chi connectivity index (χ1v) is 12.7. The van der Waals surface area contributed by atoms with Crippen molar-refractivity contribution in [3.8, 4) is 0 Å². The summed E-state index contributed by atoms with van der Waals surface area (Å²) < 4.78 is 32.0. The van der Waals surface area contributed by atoms with Crippen molar-refractivity contribution in [2.45, 2.75) is 24.4 Å². The van der Waals surface area contributed by atoms with E-state index in [2.05, 4.69) is 19.9 Å². The predicted molar refractivity (Wildman–Crippen MR) is 106 cm³/mol. The Morgan fingerprint density at radius 3 is 1.71 bits per heavy atom. The molecule has 2 aromatic rings. The molecular formula is C10H22N5O16P3. The van der Waals surface area contributed by atoms with Crippen molar-refractivity contribution in [1.82, 2.24) is 19.9 Å². The highest BCUT2D eigenvalue weighted by molar-refractivity contribution is 7.45. The Morgan fingerprint density at radius 1 is 0.882 bits per heavy atom. The second kappa shape index (κ2) is 13.0. The summed E-state index contributed by atoms with van der Waals surface area (Å²) >= 11 is 0. The molecular weight excluding hydrogens is 539 g/mol. The van der Waals surface area contributed by atoms with Crippen LogP contribution in [0.2, 0.25) is 0 Å². The number of nitrogens with zero attached hydrogens (tertiary/aromatic N) is 3. The fourth-order valence-electron chi connectivity index (χ4n) is 2.11. The van der Waals surface area contributed by atoms with Gasteiger partial charge in [0.1, 0.15) is 29.9 Å². The smallest absolute Gasteiger partial charge is 0.394 e. The van der Waals surface area contributed by atoms with Crippen molar-refractivity contribution in [1.29, 1.82) is 0 Å². The minimum absolute atomic E-state index is 0.125. The summed E-state index contributed by atoms with van der Waals surface area (Å²) in [4.78, 5) is 79.6. The number of H-pyrrole nitrogens is 1. The molecule has 1 aliphatic rings. The van der Waals surface area contributed by atoms with Gasteiger partial charge >= 0.3 is 23.5 Å². The number of aromatic nitrogens is 4. The number of nitrogens with two attached hydrogens (primary N) is 1. The standard InChI is InChI=1S/C10H13N5O4.3H3O4P/c11-8-4-9(13-2-12-4)15-10(14-8)7-6(18)5(17)3(1-16)19-7;3*1-5(2,3)4/h2-3,5-7,16-18H,1H2,(H3,11,12,13,14,15);3*(H3,1,2,3,4)/t3-,5-,6+,7?;;;/m1.../s1. The van der Waals surface area contributed by atoms with E-state index in [1.165, 1.54) is 6.33 Å². The molecule has 1 saturated heterocycles. The van der Waals surface area contributed by atoms with Crippen LogP contribution in [0.1, 0.15) is 11.9 Å². The number of nitrogens with one attached hydrogen (secondary N) is 1. The summed E-state index contributed by atoms with van der Waals surface area (Å²) in [6.07, 6.45) is -2.82. The van der Waals surface area contributed by atoms with E-state index in [0.29, 0.717) is 11.2 Å². The first-order chi connectivity index (χ1) is 15.1. The maximum Gasteiger partial charge on any atom is 0.466 e. The molecule has 0 spiro atoms. The molecule has 0 bridgehead atoms. The first kappa shape index (κ1) is 32.5. The maximum atomic E-state index is 9.89. The molecule has 1 unspecified atom stereocenters. The number of hydrogen-bond acceptors (Lipinski definition) is 11. The molecule has 15 N–H and O–H groups in total. The van der Waals surface area contributed by atoms with Crippen LogP contribution in [0, 0.1) is 0 Å². The molecule has 0 aromatic carbocycles. The van der Waals surface area contributed by atoms with E-state index in [1.807, 2.05) is 0 Å². The summed E-state index contributed by atoms with van der Waals surface area (Å²) in [5, 5.41) is 28.6. The third-order valence-electron chi connectivity index (χ3n) is 3.13. The zero-order valence-electron chi connectivity index (χ0n) is 16.4. The van der Waals surface area contributed by atoms with Gasteiger partial charge in [0.25, 0.3) is 0 Å². The molecule has 0 radical (unpaired) electrons. The highest BCUT2D eigenvalue weighted by Gasteiger charge is 2.44. The van der Waals surface area contributed by atoms with Gasteiger partial charge in [-0.05, 0) is 0 Å². The first-order valence-electron chi connectivity index (χ1n) is 8.05. The second-order valence-corrected chi connectivity index (χ2v) is 8.95. The van der Waals surface area contributed by atoms with Gasteiger partial charge in [0.2, 0.25) is 0 Å². The van der Waals surface area contributed by atoms with Crippen LogP contribution in [0.5, 0.6) is 0 Å². The van der Waals surface area contributed by atoms with Gasteiger partial charge in [-0.15, -0.1) is 0 Å². The van der Waals surface area contributed by atoms with Gasteiger partial charge in [0.05, 0.1) is 12.9 Å². The van der Waals surface area contributed by atoms with Crippen molar-refractivity contribution in [3.63, 3.8) is 0 Å². The zero-order chi connectivity index (χ0) is 27.1. The highest BCUT2D eigenvalue weighted by Crippen LogP contribution is 2.32. The number of phosphoric acid groups is 3. The number of fused-ring (bicyclic) bond motifs is 1. The quantitative estimate of drug-likeness (QED) is 0.153. The molecule has 34 heavy (non-hydrogen) atoms. The molecule has 0 aliphatic carbocycles. The molecule has 2 aromatic heterocycles. The molecule has 21 nitrogen and oxygen atoms in total. The van der Waals surface area contributed by atoms with Crippen LogP contribution in [0.15, 0.2) is 6.33 Å². The van der Waals surface area contributed by atoms with Crippen LogP contribution < -0.4 is 5.73 Å². The van der Waals surface area contributed by atoms with Crippen LogP contribution in [0.3, 0.4) is 0 Å². The fourth-order valence-corrected chi connectivity index (χ4v) is 2.11. The number of hydrogen-bond donors (Lipinski definition) is 14. The largest absolute Gasteiger partial charge is 0.466 e. The summed E-state index contributed by atoms with van der Waals surface area (Å²) in [6.45, 7) is -0.408. The molecule has 1 aliphatic heterocycles. The van der Waals surface area contributed by atoms with Crippen molar-refractivity contribution >= 4 is 40.4 Å². The number of ether oxygens (including phenoxy) is 1. The van der Waals surface area contributed by atoms with Gasteiger partial charge in [0.15, 0.2) is 17.3 Å². The van der Waals surface area contributed by atoms with Gasteiger partial charge in [-0.1, -0.05) is 0 Å². The van der Waals surface area contributed by atoms with Crippen molar-refractivity contribution in [2.24, 2.45) is 0 Å². The Hall–Kier alpha value is -1.48. The zero-order valence-corrected chi connectivity index (χ0v) is 19.0. The molecule has 198 valence electrons. The summed E-state index contributed by atoms with van der Waals surface area (Å²) in [6, 6.07) is 0. The lowest BCUT2D eigenvalue weighted by atomic mass is 10.1. The molecule has 4 atom stereocenters. The third kappa shape index (κ3) is 14.7. The van der Waals surface area contributed by atoms with Crippen LogP contribution in [-0.4, -0.2) is 104 Å². The Kier molecular flexibility index (Phi) is 12.4. The van der Waals surface area contributed by atoms with E-state index in [9.17, 15) is 10.2 Å². The van der Waals surface area contributed by atoms with Gasteiger partial charge in [-0.25, -0.2) is 28.6 Å². The van der Waals surface area contributed by atoms with E-state index < -0.39 is 54.5 Å². The number of aliphatic hydroxyl groups is 3. The normalized spacial score (nSPS) is 22.6. The van der Waals surface area contributed by atoms with Crippen molar-refractivity contribution in [2.75, 3.05) is 12.3 Å². The summed E-state index contributed by atoms with van der Waals surface area (Å²) in [7, 11) is -13.9. The topological polar surface area (TPSA) is 384 Å². The minimum atomic E-state index is -4.64. The van der Waals surface area contributed by atoms with E-state index in [0.717, 1.165) is 0 Å². The second-order valence-electron chi connectivity index (χ2n) is 5.87. The van der Waals surface area contributed by atoms with Crippen LogP contribution >= 0.6 is 23.5 Å². The van der Waals surface area contributed by atoms with Gasteiger partial charge < -0.3 is 74.8 Å². The Morgan fingerprint density at radius 2 is 1.32 bits per heavy atom. The van der Waals surface area contributed by atoms with Crippen LogP contribution in [0.4, 0.5) is 5.82 Å². The predicted octanol–water partition coefficient (Wildman–Crippen LogP) is -4.70. The molecule has 0 amide bonds. The molecule has 0 saturated carbocycles. The SMILES string of the molecule is Nc1nc(C2O[C@H](CO)[C@@H](O)[C@@H]2O)nc2nc[nH]c12.O=P(O)(O)O.O=P(O)(O)O.O=P(O)(O)O. The molecule has 3 heterocycles. The van der Waals surface area contributed by atoms with Gasteiger partial charge in [-0.3, -0.25) is 0 Å². The summed E-state index contributed by atoms with van der Waals surface area (Å²) in [5.74, 6) is 0.301. The van der Waals surface area contributed by atoms with E-state index >= 15 is 0 Å². The van der Waals surface area contributed by atoms with Crippen molar-refractivity contribution < 1.29 is 77.8 Å². The Balaban J connectivity index is 0.000000599. The van der Waals surface area contributed by atoms with Crippen LogP contribution in [0.25, 0.3) is 11.2 Å².